The maximum Gasteiger partial charge on any atom is 0.407 e. The summed E-state index contributed by atoms with van der Waals surface area (Å²) in [4.78, 5) is 35.5. The van der Waals surface area contributed by atoms with Gasteiger partial charge < -0.3 is 20.4 Å². The first-order valence-electron chi connectivity index (χ1n) is 15.3. The Bertz CT molecular complexity index is 1770. The molecule has 0 bridgehead atoms. The van der Waals surface area contributed by atoms with Crippen LogP contribution in [0.25, 0.3) is 22.5 Å². The number of rotatable bonds is 11. The van der Waals surface area contributed by atoms with Gasteiger partial charge in [-0.3, -0.25) is 15.1 Å². The molecule has 4 N–H and O–H groups in total. The molecular formula is C33H36Cl2F2N8O3. The molecule has 2 aromatic heterocycles. The van der Waals surface area contributed by atoms with Crippen LogP contribution in [0.4, 0.5) is 13.6 Å². The monoisotopic (exact) mass is 700 g/mol. The highest BCUT2D eigenvalue weighted by Gasteiger charge is 2.33. The predicted molar refractivity (Wildman–Crippen MR) is 179 cm³/mol. The summed E-state index contributed by atoms with van der Waals surface area (Å²) >= 11 is 12.6. The molecule has 0 spiro atoms. The van der Waals surface area contributed by atoms with Crippen molar-refractivity contribution < 1.29 is 23.1 Å². The van der Waals surface area contributed by atoms with Gasteiger partial charge in [0.05, 0.1) is 17.3 Å². The van der Waals surface area contributed by atoms with E-state index in [4.69, 9.17) is 33.3 Å². The van der Waals surface area contributed by atoms with Gasteiger partial charge in [-0.15, -0.1) is 0 Å². The Morgan fingerprint density at radius 2 is 1.88 bits per heavy atom. The number of alkyl carbamates (subject to hydrolysis) is 1. The third-order valence-electron chi connectivity index (χ3n) is 7.65. The highest BCUT2D eigenvalue weighted by Crippen LogP contribution is 2.33. The zero-order chi connectivity index (χ0) is 34.6. The fourth-order valence-corrected chi connectivity index (χ4v) is 5.20. The number of nitrogens with one attached hydrogen (secondary N) is 4. The van der Waals surface area contributed by atoms with Crippen molar-refractivity contribution in [3.05, 3.63) is 82.4 Å². The van der Waals surface area contributed by atoms with Gasteiger partial charge in [0.1, 0.15) is 17.6 Å². The number of nitrogens with zero attached hydrogens (tertiary/aromatic N) is 4. The van der Waals surface area contributed by atoms with Crippen LogP contribution in [0.1, 0.15) is 68.5 Å². The summed E-state index contributed by atoms with van der Waals surface area (Å²) in [7, 11) is 0. The first-order chi connectivity index (χ1) is 22.8. The van der Waals surface area contributed by atoms with Crippen molar-refractivity contribution in [2.75, 3.05) is 13.2 Å². The van der Waals surface area contributed by atoms with Crippen LogP contribution < -0.4 is 10.6 Å². The molecule has 0 unspecified atom stereocenters. The molecule has 5 rings (SSSR count). The molecular weight excluding hydrogens is 665 g/mol. The number of aromatic nitrogens is 4. The summed E-state index contributed by atoms with van der Waals surface area (Å²) in [5.41, 5.74) is 2.17. The summed E-state index contributed by atoms with van der Waals surface area (Å²) in [6.07, 6.45) is 5.82. The smallest absolute Gasteiger partial charge is 0.407 e. The Morgan fingerprint density at radius 1 is 1.15 bits per heavy atom. The molecule has 0 radical (unpaired) electrons. The quantitative estimate of drug-likeness (QED) is 0.0935. The summed E-state index contributed by atoms with van der Waals surface area (Å²) in [5, 5.41) is 19.2. The number of halogens is 4. The Labute approximate surface area is 286 Å². The van der Waals surface area contributed by atoms with E-state index in [1.807, 2.05) is 0 Å². The molecule has 1 aliphatic rings. The maximum atomic E-state index is 14.4. The zero-order valence-electron chi connectivity index (χ0n) is 26.6. The number of carbonyl (C=O) groups excluding carboxylic acids is 2. The number of H-pyrrole nitrogens is 1. The number of benzene rings is 2. The lowest BCUT2D eigenvalue weighted by Crippen LogP contribution is -2.48. The first kappa shape index (κ1) is 34.8. The zero-order valence-corrected chi connectivity index (χ0v) is 28.1. The maximum absolute atomic E-state index is 14.4. The van der Waals surface area contributed by atoms with Gasteiger partial charge in [0.15, 0.2) is 5.96 Å². The number of hydrogen-bond donors (Lipinski definition) is 4. The molecule has 4 aromatic rings. The molecule has 15 heteroatoms. The highest BCUT2D eigenvalue weighted by atomic mass is 35.5. The normalized spacial score (nSPS) is 13.7. The van der Waals surface area contributed by atoms with Crippen LogP contribution in [0, 0.1) is 10.8 Å². The van der Waals surface area contributed by atoms with E-state index >= 15 is 0 Å². The summed E-state index contributed by atoms with van der Waals surface area (Å²) in [5.74, 6) is -0.382. The number of amides is 2. The van der Waals surface area contributed by atoms with Crippen molar-refractivity contribution in [2.24, 2.45) is 5.41 Å². The Hall–Kier alpha value is -4.49. The average molecular weight is 702 g/mol. The van der Waals surface area contributed by atoms with Crippen LogP contribution in [-0.2, 0) is 4.74 Å². The molecule has 254 valence electrons. The van der Waals surface area contributed by atoms with Gasteiger partial charge in [0.25, 0.3) is 5.91 Å². The second-order valence-corrected chi connectivity index (χ2v) is 13.5. The standard InChI is InChI=1S/C33H36Cl2F2N8O3/c1-33(2,3)12-13-39-31(38)45(29(46)20-6-4-19(5-7-20)22-15-41-44(17-22)30(36)37)26(18-48-32(47)42-23-9-10-23)21-8-11-25(34)24(14-21)28-40-16-27(35)43-28/h4-8,11,14-17,23,26,30H,9-10,12-13,18H2,1-3H3,(H2,38,39)(H,40,43)(H,42,47)/t26-/m1/s1. The van der Waals surface area contributed by atoms with Gasteiger partial charge in [-0.1, -0.05) is 62.2 Å². The molecule has 11 nitrogen and oxygen atoms in total. The van der Waals surface area contributed by atoms with Gasteiger partial charge in [-0.2, -0.15) is 13.9 Å². The molecule has 2 amide bonds. The molecule has 2 aromatic carbocycles. The van der Waals surface area contributed by atoms with Gasteiger partial charge in [0, 0.05) is 41.7 Å². The predicted octanol–water partition coefficient (Wildman–Crippen LogP) is 7.67. The Morgan fingerprint density at radius 3 is 2.48 bits per heavy atom. The lowest BCUT2D eigenvalue weighted by molar-refractivity contribution is 0.0566. The second-order valence-electron chi connectivity index (χ2n) is 12.7. The van der Waals surface area contributed by atoms with Crippen molar-refractivity contribution >= 4 is 41.2 Å². The summed E-state index contributed by atoms with van der Waals surface area (Å²) in [6, 6.07) is 10.4. The van der Waals surface area contributed by atoms with Crippen molar-refractivity contribution in [1.29, 1.82) is 5.41 Å². The number of ether oxygens (including phenoxy) is 1. The Kier molecular flexibility index (Phi) is 10.7. The van der Waals surface area contributed by atoms with Crippen LogP contribution in [0.3, 0.4) is 0 Å². The number of guanidine groups is 1. The minimum absolute atomic E-state index is 0.0446. The molecule has 1 fully saturated rings. The van der Waals surface area contributed by atoms with Crippen LogP contribution in [0.15, 0.2) is 61.1 Å². The highest BCUT2D eigenvalue weighted by molar-refractivity contribution is 6.33. The van der Waals surface area contributed by atoms with Crippen LogP contribution in [0.5, 0.6) is 0 Å². The van der Waals surface area contributed by atoms with E-state index in [-0.39, 0.29) is 34.7 Å². The second kappa shape index (κ2) is 14.7. The van der Waals surface area contributed by atoms with E-state index in [0.717, 1.165) is 12.8 Å². The topological polar surface area (TPSA) is 141 Å². The third kappa shape index (κ3) is 8.90. The van der Waals surface area contributed by atoms with Gasteiger partial charge >= 0.3 is 12.6 Å². The van der Waals surface area contributed by atoms with Crippen molar-refractivity contribution in [1.82, 2.24) is 35.3 Å². The molecule has 0 aliphatic heterocycles. The summed E-state index contributed by atoms with van der Waals surface area (Å²) < 4.78 is 32.4. The van der Waals surface area contributed by atoms with E-state index in [0.29, 0.717) is 50.7 Å². The SMILES string of the molecule is CC(C)(C)CCNC(=N)N(C(=O)c1ccc(-c2cnn(C(F)F)c2)cc1)[C@H](COC(=O)NC1CC1)c1ccc(Cl)c(-c2nc(Cl)c[nH]2)c1. The van der Waals surface area contributed by atoms with E-state index in [9.17, 15) is 18.4 Å². The largest absolute Gasteiger partial charge is 0.447 e. The van der Waals surface area contributed by atoms with E-state index < -0.39 is 24.6 Å². The van der Waals surface area contributed by atoms with Gasteiger partial charge in [-0.05, 0) is 60.1 Å². The van der Waals surface area contributed by atoms with Crippen molar-refractivity contribution in [3.63, 3.8) is 0 Å². The lowest BCUT2D eigenvalue weighted by atomic mass is 9.92. The molecule has 1 aliphatic carbocycles. The number of imidazole rings is 1. The minimum Gasteiger partial charge on any atom is -0.447 e. The molecule has 2 heterocycles. The lowest BCUT2D eigenvalue weighted by Gasteiger charge is -2.33. The van der Waals surface area contributed by atoms with Crippen LogP contribution in [-0.4, -0.2) is 61.8 Å². The molecule has 48 heavy (non-hydrogen) atoms. The number of alkyl halides is 2. The number of hydrogen-bond acceptors (Lipinski definition) is 6. The van der Waals surface area contributed by atoms with Crippen molar-refractivity contribution in [3.8, 4) is 22.5 Å². The van der Waals surface area contributed by atoms with E-state index in [1.54, 1.807) is 42.5 Å². The first-order valence-corrected chi connectivity index (χ1v) is 16.1. The average Bonchev–Trinajstić information content (AvgIpc) is 3.50. The fraction of sp³-hybridized carbons (Fsp3) is 0.364. The molecule has 0 saturated heterocycles. The number of carbonyl (C=O) groups is 2. The summed E-state index contributed by atoms with van der Waals surface area (Å²) in [6.45, 7) is 3.52. The molecule has 1 atom stereocenters. The molecule has 1 saturated carbocycles. The number of aromatic amines is 1. The minimum atomic E-state index is -2.78. The Balaban J connectivity index is 1.52. The van der Waals surface area contributed by atoms with Gasteiger partial charge in [-0.25, -0.2) is 14.5 Å². The fourth-order valence-electron chi connectivity index (χ4n) is 4.86. The van der Waals surface area contributed by atoms with Crippen molar-refractivity contribution in [2.45, 2.75) is 58.7 Å². The van der Waals surface area contributed by atoms with E-state index in [2.05, 4.69) is 46.5 Å². The third-order valence-corrected chi connectivity index (χ3v) is 8.18. The van der Waals surface area contributed by atoms with Crippen LogP contribution >= 0.6 is 23.2 Å². The van der Waals surface area contributed by atoms with Crippen LogP contribution in [0.2, 0.25) is 10.2 Å². The van der Waals surface area contributed by atoms with Gasteiger partial charge in [0.2, 0.25) is 0 Å². The van der Waals surface area contributed by atoms with E-state index in [1.165, 1.54) is 23.5 Å².